The minimum absolute atomic E-state index is 0. The fraction of sp³-hybridized carbons (Fsp3) is 0.750. The number of nitrogens with two attached hydrogens (primary N) is 3. The number of carbonyl (C=O) groups is 1. The van der Waals surface area contributed by atoms with Crippen LogP contribution >= 0.6 is 24.8 Å². The Morgan fingerprint density at radius 2 is 1.75 bits per heavy atom. The van der Waals surface area contributed by atoms with Gasteiger partial charge in [-0.25, -0.2) is 0 Å². The molecule has 0 aliphatic carbocycles. The molecule has 0 fully saturated rings. The van der Waals surface area contributed by atoms with E-state index in [1.807, 2.05) is 13.8 Å². The van der Waals surface area contributed by atoms with E-state index in [4.69, 9.17) is 22.3 Å². The Morgan fingerprint density at radius 3 is 2.06 bits per heavy atom. The molecule has 0 saturated heterocycles. The monoisotopic (exact) mass is 276 g/mol. The SMILES string of the molecule is CC.Cl.Cl.NC(N)=NCCC[C@H](N)C(=O)O. The molecular weight excluding hydrogens is 255 g/mol. The zero-order chi connectivity index (χ0) is 11.6. The molecule has 0 aromatic carbocycles. The van der Waals surface area contributed by atoms with Gasteiger partial charge < -0.3 is 22.3 Å². The van der Waals surface area contributed by atoms with E-state index in [9.17, 15) is 4.79 Å². The van der Waals surface area contributed by atoms with Gasteiger partial charge in [-0.3, -0.25) is 9.79 Å². The van der Waals surface area contributed by atoms with Gasteiger partial charge in [0, 0.05) is 6.54 Å². The molecule has 0 radical (unpaired) electrons. The summed E-state index contributed by atoms with van der Waals surface area (Å²) in [6.45, 7) is 4.42. The number of hydrogen-bond donors (Lipinski definition) is 4. The van der Waals surface area contributed by atoms with Crippen molar-refractivity contribution in [1.29, 1.82) is 0 Å². The Labute approximate surface area is 108 Å². The van der Waals surface area contributed by atoms with Crippen molar-refractivity contribution in [2.75, 3.05) is 6.54 Å². The number of aliphatic imine (C=N–C) groups is 1. The van der Waals surface area contributed by atoms with Gasteiger partial charge in [0.25, 0.3) is 0 Å². The van der Waals surface area contributed by atoms with E-state index in [0.29, 0.717) is 19.4 Å². The molecule has 0 spiro atoms. The summed E-state index contributed by atoms with van der Waals surface area (Å²) >= 11 is 0. The summed E-state index contributed by atoms with van der Waals surface area (Å²) in [7, 11) is 0. The molecule has 100 valence electrons. The van der Waals surface area contributed by atoms with E-state index in [2.05, 4.69) is 4.99 Å². The van der Waals surface area contributed by atoms with E-state index >= 15 is 0 Å². The second kappa shape index (κ2) is 16.7. The molecule has 0 aromatic heterocycles. The van der Waals surface area contributed by atoms with Gasteiger partial charge >= 0.3 is 5.97 Å². The number of halogens is 2. The third kappa shape index (κ3) is 18.9. The molecule has 0 amide bonds. The summed E-state index contributed by atoms with van der Waals surface area (Å²) in [5.41, 5.74) is 15.3. The van der Waals surface area contributed by atoms with Crippen LogP contribution in [0.5, 0.6) is 0 Å². The molecular formula is C8H22Cl2N4O2. The van der Waals surface area contributed by atoms with E-state index in [-0.39, 0.29) is 30.8 Å². The van der Waals surface area contributed by atoms with Crippen molar-refractivity contribution in [3.05, 3.63) is 0 Å². The highest BCUT2D eigenvalue weighted by molar-refractivity contribution is 5.85. The van der Waals surface area contributed by atoms with Crippen molar-refractivity contribution in [3.8, 4) is 0 Å². The number of rotatable bonds is 5. The smallest absolute Gasteiger partial charge is 0.320 e. The Hall–Kier alpha value is -0.720. The zero-order valence-corrected chi connectivity index (χ0v) is 11.2. The van der Waals surface area contributed by atoms with Crippen molar-refractivity contribution in [2.24, 2.45) is 22.2 Å². The lowest BCUT2D eigenvalue weighted by atomic mass is 10.2. The van der Waals surface area contributed by atoms with Crippen molar-refractivity contribution >= 4 is 36.7 Å². The van der Waals surface area contributed by atoms with Crippen LogP contribution in [-0.4, -0.2) is 29.6 Å². The molecule has 7 N–H and O–H groups in total. The summed E-state index contributed by atoms with van der Waals surface area (Å²) < 4.78 is 0. The van der Waals surface area contributed by atoms with Gasteiger partial charge in [0.2, 0.25) is 0 Å². The second-order valence-corrected chi connectivity index (χ2v) is 2.39. The third-order valence-corrected chi connectivity index (χ3v) is 1.28. The average molecular weight is 277 g/mol. The van der Waals surface area contributed by atoms with Crippen molar-refractivity contribution < 1.29 is 9.90 Å². The van der Waals surface area contributed by atoms with Crippen LogP contribution < -0.4 is 17.2 Å². The van der Waals surface area contributed by atoms with Crippen LogP contribution in [-0.2, 0) is 4.79 Å². The molecule has 8 heteroatoms. The third-order valence-electron chi connectivity index (χ3n) is 1.28. The summed E-state index contributed by atoms with van der Waals surface area (Å²) in [6.07, 6.45) is 0.956. The Balaban J connectivity index is -0.000000169. The van der Waals surface area contributed by atoms with Gasteiger partial charge in [-0.05, 0) is 12.8 Å². The van der Waals surface area contributed by atoms with Crippen molar-refractivity contribution in [2.45, 2.75) is 32.7 Å². The fourth-order valence-electron chi connectivity index (χ4n) is 0.643. The number of carboxylic acids is 1. The van der Waals surface area contributed by atoms with Crippen LogP contribution in [0.3, 0.4) is 0 Å². The molecule has 0 bridgehead atoms. The zero-order valence-electron chi connectivity index (χ0n) is 9.55. The fourth-order valence-corrected chi connectivity index (χ4v) is 0.643. The summed E-state index contributed by atoms with van der Waals surface area (Å²) in [5.74, 6) is -0.987. The van der Waals surface area contributed by atoms with Gasteiger partial charge in [-0.2, -0.15) is 0 Å². The number of nitrogens with zero attached hydrogens (tertiary/aromatic N) is 1. The molecule has 16 heavy (non-hydrogen) atoms. The lowest BCUT2D eigenvalue weighted by molar-refractivity contribution is -0.138. The average Bonchev–Trinajstić information content (AvgIpc) is 2.15. The predicted octanol–water partition coefficient (Wildman–Crippen LogP) is 0.322. The maximum Gasteiger partial charge on any atom is 0.320 e. The van der Waals surface area contributed by atoms with E-state index in [1.165, 1.54) is 0 Å². The quantitative estimate of drug-likeness (QED) is 0.327. The van der Waals surface area contributed by atoms with Gasteiger partial charge in [-0.15, -0.1) is 24.8 Å². The highest BCUT2D eigenvalue weighted by Crippen LogP contribution is 1.94. The first-order valence-electron chi connectivity index (χ1n) is 4.58. The largest absolute Gasteiger partial charge is 0.480 e. The standard InChI is InChI=1S/C6H14N4O2.C2H6.2ClH/c7-4(5(11)12)2-1-3-10-6(8)9;1-2;;/h4H,1-3,7H2,(H,11,12)(H4,8,9,10);1-2H3;2*1H/t4-;;;/m0.../s1. The maximum absolute atomic E-state index is 10.2. The predicted molar refractivity (Wildman–Crippen MR) is 71.4 cm³/mol. The van der Waals surface area contributed by atoms with Crippen LogP contribution in [0.2, 0.25) is 0 Å². The van der Waals surface area contributed by atoms with E-state index < -0.39 is 12.0 Å². The molecule has 0 saturated carbocycles. The summed E-state index contributed by atoms with van der Waals surface area (Å²) in [5, 5.41) is 8.38. The first kappa shape index (κ1) is 24.5. The highest BCUT2D eigenvalue weighted by Gasteiger charge is 2.09. The Kier molecular flexibility index (Phi) is 25.6. The van der Waals surface area contributed by atoms with Crippen LogP contribution in [0.25, 0.3) is 0 Å². The van der Waals surface area contributed by atoms with Gasteiger partial charge in [0.05, 0.1) is 0 Å². The molecule has 1 atom stereocenters. The minimum Gasteiger partial charge on any atom is -0.480 e. The molecule has 0 rings (SSSR count). The van der Waals surface area contributed by atoms with Crippen LogP contribution in [0, 0.1) is 0 Å². The van der Waals surface area contributed by atoms with Gasteiger partial charge in [0.1, 0.15) is 6.04 Å². The lowest BCUT2D eigenvalue weighted by Gasteiger charge is -2.03. The molecule has 0 unspecified atom stereocenters. The number of carboxylic acid groups (broad SMARTS) is 1. The summed E-state index contributed by atoms with van der Waals surface area (Å²) in [6, 6.07) is -0.820. The Morgan fingerprint density at radius 1 is 1.31 bits per heavy atom. The highest BCUT2D eigenvalue weighted by atomic mass is 35.5. The first-order valence-corrected chi connectivity index (χ1v) is 4.58. The van der Waals surface area contributed by atoms with Crippen LogP contribution in [0.15, 0.2) is 4.99 Å². The molecule has 0 aliphatic rings. The second-order valence-electron chi connectivity index (χ2n) is 2.39. The van der Waals surface area contributed by atoms with Gasteiger partial charge in [-0.1, -0.05) is 13.8 Å². The number of aliphatic carboxylic acids is 1. The number of guanidine groups is 1. The van der Waals surface area contributed by atoms with Crippen LogP contribution in [0.1, 0.15) is 26.7 Å². The minimum atomic E-state index is -1.00. The number of hydrogen-bond acceptors (Lipinski definition) is 3. The summed E-state index contributed by atoms with van der Waals surface area (Å²) in [4.78, 5) is 13.9. The van der Waals surface area contributed by atoms with Gasteiger partial charge in [0.15, 0.2) is 5.96 Å². The first-order chi connectivity index (χ1) is 6.54. The Bertz CT molecular complexity index is 187. The molecule has 0 aliphatic heterocycles. The normalized spacial score (nSPS) is 9.44. The van der Waals surface area contributed by atoms with E-state index in [1.54, 1.807) is 0 Å². The molecule has 0 heterocycles. The van der Waals surface area contributed by atoms with Crippen molar-refractivity contribution in [1.82, 2.24) is 0 Å². The topological polar surface area (TPSA) is 128 Å². The maximum atomic E-state index is 10.2. The van der Waals surface area contributed by atoms with Crippen LogP contribution in [0.4, 0.5) is 0 Å². The van der Waals surface area contributed by atoms with E-state index in [0.717, 1.165) is 0 Å². The molecule has 0 aromatic rings. The molecule has 6 nitrogen and oxygen atoms in total. The van der Waals surface area contributed by atoms with Crippen molar-refractivity contribution in [3.63, 3.8) is 0 Å². The lowest BCUT2D eigenvalue weighted by Crippen LogP contribution is -2.30.